The van der Waals surface area contributed by atoms with Crippen molar-refractivity contribution in [3.63, 3.8) is 0 Å². The first-order valence-electron chi connectivity index (χ1n) is 7.39. The summed E-state index contributed by atoms with van der Waals surface area (Å²) in [6, 6.07) is 4.63. The molecule has 2 nitrogen and oxygen atoms in total. The fraction of sp³-hybridized carbons (Fsp3) is 0.562. The van der Waals surface area contributed by atoms with E-state index in [9.17, 15) is 18.0 Å². The van der Waals surface area contributed by atoms with Crippen molar-refractivity contribution in [2.75, 3.05) is 5.32 Å². The molecular formula is C16H18F3NO. The third kappa shape index (κ3) is 2.92. The molecular weight excluding hydrogens is 279 g/mol. The number of hydrogen-bond acceptors (Lipinski definition) is 1. The Morgan fingerprint density at radius 1 is 1.10 bits per heavy atom. The predicted molar refractivity (Wildman–Crippen MR) is 73.7 cm³/mol. The Kier molecular flexibility index (Phi) is 3.46. The molecule has 2 saturated carbocycles. The van der Waals surface area contributed by atoms with Crippen LogP contribution in [-0.2, 0) is 11.0 Å². The Labute approximate surface area is 121 Å². The Bertz CT molecular complexity index is 529. The van der Waals surface area contributed by atoms with Gasteiger partial charge < -0.3 is 5.32 Å². The highest BCUT2D eigenvalue weighted by atomic mass is 19.4. The number of carbonyl (C=O) groups excluding carboxylic acids is 1. The second-order valence-electron chi connectivity index (χ2n) is 6.24. The highest BCUT2D eigenvalue weighted by Crippen LogP contribution is 2.61. The number of rotatable bonds is 2. The van der Waals surface area contributed by atoms with Crippen molar-refractivity contribution in [3.8, 4) is 0 Å². The summed E-state index contributed by atoms with van der Waals surface area (Å²) in [4.78, 5) is 12.2. The second kappa shape index (κ2) is 5.04. The lowest BCUT2D eigenvalue weighted by molar-refractivity contribution is -0.137. The second-order valence-corrected chi connectivity index (χ2v) is 6.24. The number of carbonyl (C=O) groups is 1. The van der Waals surface area contributed by atoms with Gasteiger partial charge in [0.05, 0.1) is 5.56 Å². The summed E-state index contributed by atoms with van der Waals surface area (Å²) in [7, 11) is 0. The zero-order chi connectivity index (χ0) is 15.1. The molecule has 1 N–H and O–H groups in total. The first-order chi connectivity index (χ1) is 9.91. The molecule has 0 bridgehead atoms. The van der Waals surface area contributed by atoms with Crippen LogP contribution in [0, 0.1) is 11.3 Å². The molecule has 1 aromatic rings. The van der Waals surface area contributed by atoms with Gasteiger partial charge in [-0.3, -0.25) is 4.79 Å². The average Bonchev–Trinajstić information content (AvgIpc) is 3.13. The van der Waals surface area contributed by atoms with E-state index in [2.05, 4.69) is 5.32 Å². The summed E-state index contributed by atoms with van der Waals surface area (Å²) in [5, 5.41) is 2.75. The van der Waals surface area contributed by atoms with E-state index < -0.39 is 11.7 Å². The zero-order valence-corrected chi connectivity index (χ0v) is 11.7. The monoisotopic (exact) mass is 297 g/mol. The minimum absolute atomic E-state index is 0.0418. The molecule has 1 amide bonds. The summed E-state index contributed by atoms with van der Waals surface area (Å²) in [5.74, 6) is -0.00301. The fourth-order valence-electron chi connectivity index (χ4n) is 3.50. The maximum atomic E-state index is 12.5. The predicted octanol–water partition coefficient (Wildman–Crippen LogP) is 4.61. The summed E-state index contributed by atoms with van der Waals surface area (Å²) < 4.78 is 37.4. The minimum Gasteiger partial charge on any atom is -0.326 e. The number of hydrogen-bond donors (Lipinski definition) is 1. The first-order valence-corrected chi connectivity index (χ1v) is 7.39. The van der Waals surface area contributed by atoms with Crippen molar-refractivity contribution < 1.29 is 18.0 Å². The molecule has 2 aliphatic carbocycles. The van der Waals surface area contributed by atoms with Gasteiger partial charge in [0.15, 0.2) is 0 Å². The lowest BCUT2D eigenvalue weighted by Crippen LogP contribution is -2.20. The molecule has 0 radical (unpaired) electrons. The molecule has 114 valence electrons. The Morgan fingerprint density at radius 3 is 2.29 bits per heavy atom. The van der Waals surface area contributed by atoms with Gasteiger partial charge in [0, 0.05) is 11.6 Å². The van der Waals surface area contributed by atoms with E-state index >= 15 is 0 Å². The summed E-state index contributed by atoms with van der Waals surface area (Å²) >= 11 is 0. The summed E-state index contributed by atoms with van der Waals surface area (Å²) in [6.07, 6.45) is 2.42. The largest absolute Gasteiger partial charge is 0.416 e. The van der Waals surface area contributed by atoms with E-state index in [-0.39, 0.29) is 17.2 Å². The van der Waals surface area contributed by atoms with Crippen LogP contribution in [0.4, 0.5) is 18.9 Å². The molecule has 0 saturated heterocycles. The van der Waals surface area contributed by atoms with Crippen molar-refractivity contribution in [1.82, 2.24) is 0 Å². The van der Waals surface area contributed by atoms with Crippen LogP contribution in [0.3, 0.4) is 0 Å². The van der Waals surface area contributed by atoms with Crippen molar-refractivity contribution in [2.24, 2.45) is 11.3 Å². The number of alkyl halides is 3. The highest BCUT2D eigenvalue weighted by molar-refractivity contribution is 5.95. The van der Waals surface area contributed by atoms with Crippen molar-refractivity contribution in [1.29, 1.82) is 0 Å². The van der Waals surface area contributed by atoms with Gasteiger partial charge >= 0.3 is 6.18 Å². The minimum atomic E-state index is -4.34. The molecule has 1 atom stereocenters. The van der Waals surface area contributed by atoms with Gasteiger partial charge in [0.25, 0.3) is 0 Å². The van der Waals surface area contributed by atoms with Gasteiger partial charge in [0.1, 0.15) is 0 Å². The summed E-state index contributed by atoms with van der Waals surface area (Å²) in [6.45, 7) is 0. The van der Waals surface area contributed by atoms with Crippen LogP contribution in [0.15, 0.2) is 24.3 Å². The van der Waals surface area contributed by atoms with Gasteiger partial charge in [-0.15, -0.1) is 0 Å². The van der Waals surface area contributed by atoms with E-state index in [1.807, 2.05) is 0 Å². The van der Waals surface area contributed by atoms with Crippen LogP contribution in [0.2, 0.25) is 0 Å². The van der Waals surface area contributed by atoms with Crippen molar-refractivity contribution in [2.45, 2.75) is 44.7 Å². The highest BCUT2D eigenvalue weighted by Gasteiger charge is 2.57. The molecule has 1 unspecified atom stereocenters. The van der Waals surface area contributed by atoms with Gasteiger partial charge in [0.2, 0.25) is 5.91 Å². The van der Waals surface area contributed by atoms with E-state index in [1.54, 1.807) is 0 Å². The SMILES string of the molecule is O=C(Nc1ccc(C(F)(F)F)cc1)C1CC12CCCCC2. The molecule has 0 aliphatic heterocycles. The van der Waals surface area contributed by atoms with Crippen molar-refractivity contribution in [3.05, 3.63) is 29.8 Å². The molecule has 0 heterocycles. The fourth-order valence-corrected chi connectivity index (χ4v) is 3.50. The molecule has 2 aliphatic rings. The molecule has 21 heavy (non-hydrogen) atoms. The first kappa shape index (κ1) is 14.4. The van der Waals surface area contributed by atoms with Crippen LogP contribution in [0.1, 0.15) is 44.1 Å². The molecule has 2 fully saturated rings. The van der Waals surface area contributed by atoms with Gasteiger partial charge in [-0.05, 0) is 48.9 Å². The van der Waals surface area contributed by atoms with Crippen LogP contribution in [0.5, 0.6) is 0 Å². The average molecular weight is 297 g/mol. The molecule has 1 aromatic carbocycles. The van der Waals surface area contributed by atoms with E-state index in [0.29, 0.717) is 5.69 Å². The number of amides is 1. The van der Waals surface area contributed by atoms with Crippen LogP contribution in [-0.4, -0.2) is 5.91 Å². The van der Waals surface area contributed by atoms with Gasteiger partial charge in [-0.2, -0.15) is 13.2 Å². The van der Waals surface area contributed by atoms with Crippen LogP contribution < -0.4 is 5.32 Å². The van der Waals surface area contributed by atoms with Crippen LogP contribution >= 0.6 is 0 Å². The Balaban J connectivity index is 1.61. The zero-order valence-electron chi connectivity index (χ0n) is 11.7. The van der Waals surface area contributed by atoms with Gasteiger partial charge in [-0.25, -0.2) is 0 Å². The lowest BCUT2D eigenvalue weighted by atomic mass is 9.84. The van der Waals surface area contributed by atoms with Crippen molar-refractivity contribution >= 4 is 11.6 Å². The normalized spacial score (nSPS) is 23.9. The van der Waals surface area contributed by atoms with Gasteiger partial charge in [-0.1, -0.05) is 19.3 Å². The topological polar surface area (TPSA) is 29.1 Å². The number of benzene rings is 1. The number of halogens is 3. The van der Waals surface area contributed by atoms with E-state index in [4.69, 9.17) is 0 Å². The van der Waals surface area contributed by atoms with Crippen LogP contribution in [0.25, 0.3) is 0 Å². The molecule has 5 heteroatoms. The lowest BCUT2D eigenvalue weighted by Gasteiger charge is -2.22. The third-order valence-electron chi connectivity index (χ3n) is 4.84. The summed E-state index contributed by atoms with van der Waals surface area (Å²) in [5.41, 5.74) is -0.0737. The van der Waals surface area contributed by atoms with E-state index in [1.165, 1.54) is 31.4 Å². The van der Waals surface area contributed by atoms with E-state index in [0.717, 1.165) is 31.4 Å². The quantitative estimate of drug-likeness (QED) is 0.848. The molecule has 0 aromatic heterocycles. The Hall–Kier alpha value is -1.52. The third-order valence-corrected chi connectivity index (χ3v) is 4.84. The molecule has 1 spiro atoms. The number of anilines is 1. The number of nitrogens with one attached hydrogen (secondary N) is 1. The molecule has 3 rings (SSSR count). The smallest absolute Gasteiger partial charge is 0.326 e. The maximum absolute atomic E-state index is 12.5. The maximum Gasteiger partial charge on any atom is 0.416 e. The Morgan fingerprint density at radius 2 is 1.71 bits per heavy atom. The standard InChI is InChI=1S/C16H18F3NO/c17-16(18,19)11-4-6-12(7-5-11)20-14(21)13-10-15(13)8-2-1-3-9-15/h4-7,13H,1-3,8-10H2,(H,20,21).